The molecule has 0 aromatic heterocycles. The van der Waals surface area contributed by atoms with Gasteiger partial charge in [-0.25, -0.2) is 0 Å². The molecule has 2 saturated heterocycles. The SMILES string of the molecule is O=C1[C@@H]2[C@H](C(=O)N1CCBr)[C@H]1C=C[C@@H]2O1. The molecule has 0 aromatic rings. The lowest BCUT2D eigenvalue weighted by molar-refractivity contribution is -0.141. The minimum absolute atomic E-state index is 0.0682. The van der Waals surface area contributed by atoms with E-state index in [1.54, 1.807) is 0 Å². The van der Waals surface area contributed by atoms with Crippen LogP contribution in [0.2, 0.25) is 0 Å². The lowest BCUT2D eigenvalue weighted by Gasteiger charge is -2.15. The van der Waals surface area contributed by atoms with Crippen molar-refractivity contribution in [2.45, 2.75) is 12.2 Å². The second kappa shape index (κ2) is 3.15. The number of alkyl halides is 1. The molecule has 3 rings (SSSR count). The first-order valence-corrected chi connectivity index (χ1v) is 6.11. The van der Waals surface area contributed by atoms with Crippen LogP contribution in [-0.2, 0) is 14.3 Å². The van der Waals surface area contributed by atoms with Gasteiger partial charge >= 0.3 is 0 Å². The summed E-state index contributed by atoms with van der Waals surface area (Å²) in [6, 6.07) is 0. The van der Waals surface area contributed by atoms with E-state index in [2.05, 4.69) is 15.9 Å². The first-order chi connectivity index (χ1) is 7.24. The number of imide groups is 1. The van der Waals surface area contributed by atoms with Crippen LogP contribution < -0.4 is 0 Å². The van der Waals surface area contributed by atoms with Gasteiger partial charge in [0.05, 0.1) is 24.0 Å². The number of fused-ring (bicyclic) bond motifs is 5. The third-order valence-corrected chi connectivity index (χ3v) is 3.66. The van der Waals surface area contributed by atoms with E-state index in [4.69, 9.17) is 4.74 Å². The Balaban J connectivity index is 1.93. The van der Waals surface area contributed by atoms with Gasteiger partial charge in [-0.1, -0.05) is 28.1 Å². The van der Waals surface area contributed by atoms with E-state index in [1.807, 2.05) is 12.2 Å². The van der Waals surface area contributed by atoms with Crippen molar-refractivity contribution >= 4 is 27.7 Å². The number of hydrogen-bond acceptors (Lipinski definition) is 3. The maximum atomic E-state index is 11.9. The maximum absolute atomic E-state index is 11.9. The summed E-state index contributed by atoms with van der Waals surface area (Å²) in [5, 5.41) is 0.632. The zero-order valence-corrected chi connectivity index (χ0v) is 9.51. The molecule has 0 unspecified atom stereocenters. The summed E-state index contributed by atoms with van der Waals surface area (Å²) in [5.74, 6) is -0.652. The molecule has 4 nitrogen and oxygen atoms in total. The van der Waals surface area contributed by atoms with Crippen molar-refractivity contribution in [2.24, 2.45) is 11.8 Å². The number of rotatable bonds is 2. The van der Waals surface area contributed by atoms with Crippen molar-refractivity contribution < 1.29 is 14.3 Å². The Labute approximate surface area is 95.4 Å². The first-order valence-electron chi connectivity index (χ1n) is 4.99. The topological polar surface area (TPSA) is 46.6 Å². The van der Waals surface area contributed by atoms with E-state index in [-0.39, 0.29) is 35.9 Å². The Bertz CT molecular complexity index is 338. The van der Waals surface area contributed by atoms with E-state index in [1.165, 1.54) is 4.90 Å². The van der Waals surface area contributed by atoms with Gasteiger partial charge in [0.15, 0.2) is 0 Å². The maximum Gasteiger partial charge on any atom is 0.236 e. The molecule has 0 saturated carbocycles. The highest BCUT2D eigenvalue weighted by molar-refractivity contribution is 9.09. The Morgan fingerprint density at radius 2 is 1.73 bits per heavy atom. The standard InChI is InChI=1S/C10H10BrNO3/c11-3-4-12-9(13)7-5-1-2-6(15-5)8(7)10(12)14/h1-2,5-8H,3-4H2/t5-,6+,7-,8+. The highest BCUT2D eigenvalue weighted by Gasteiger charge is 2.60. The Hall–Kier alpha value is -0.680. The lowest BCUT2D eigenvalue weighted by Crippen LogP contribution is -2.35. The largest absolute Gasteiger partial charge is 0.365 e. The Morgan fingerprint density at radius 3 is 2.20 bits per heavy atom. The van der Waals surface area contributed by atoms with Gasteiger partial charge in [-0.15, -0.1) is 0 Å². The number of carbonyl (C=O) groups is 2. The average molecular weight is 272 g/mol. The molecule has 0 radical (unpaired) electrons. The smallest absolute Gasteiger partial charge is 0.236 e. The Morgan fingerprint density at radius 1 is 1.20 bits per heavy atom. The fourth-order valence-corrected chi connectivity index (χ4v) is 3.02. The number of halogens is 1. The molecular formula is C10H10BrNO3. The fourth-order valence-electron chi connectivity index (χ4n) is 2.67. The lowest BCUT2D eigenvalue weighted by atomic mass is 9.85. The summed E-state index contributed by atoms with van der Waals surface area (Å²) < 4.78 is 5.52. The van der Waals surface area contributed by atoms with Crippen molar-refractivity contribution in [3.05, 3.63) is 12.2 Å². The van der Waals surface area contributed by atoms with Crippen molar-refractivity contribution in [2.75, 3.05) is 11.9 Å². The molecule has 15 heavy (non-hydrogen) atoms. The van der Waals surface area contributed by atoms with Crippen molar-refractivity contribution in [1.82, 2.24) is 4.90 Å². The molecule has 0 aliphatic carbocycles. The summed E-state index contributed by atoms with van der Waals surface area (Å²) in [7, 11) is 0. The van der Waals surface area contributed by atoms with Crippen LogP contribution in [0.15, 0.2) is 12.2 Å². The van der Waals surface area contributed by atoms with E-state index < -0.39 is 0 Å². The van der Waals surface area contributed by atoms with Gasteiger partial charge < -0.3 is 4.74 Å². The molecule has 3 heterocycles. The zero-order valence-electron chi connectivity index (χ0n) is 7.93. The van der Waals surface area contributed by atoms with Crippen molar-refractivity contribution in [1.29, 1.82) is 0 Å². The number of amides is 2. The van der Waals surface area contributed by atoms with Crippen molar-refractivity contribution in [3.8, 4) is 0 Å². The van der Waals surface area contributed by atoms with Gasteiger partial charge in [0.1, 0.15) is 0 Å². The molecule has 2 amide bonds. The minimum atomic E-state index is -0.258. The minimum Gasteiger partial charge on any atom is -0.365 e. The van der Waals surface area contributed by atoms with Crippen LogP contribution in [-0.4, -0.2) is 40.8 Å². The third kappa shape index (κ3) is 1.10. The van der Waals surface area contributed by atoms with Crippen LogP contribution in [0.5, 0.6) is 0 Å². The molecule has 80 valence electrons. The second-order valence-electron chi connectivity index (χ2n) is 4.02. The van der Waals surface area contributed by atoms with Crippen LogP contribution in [0.4, 0.5) is 0 Å². The second-order valence-corrected chi connectivity index (χ2v) is 4.81. The molecule has 0 N–H and O–H groups in total. The van der Waals surface area contributed by atoms with Crippen LogP contribution in [0, 0.1) is 11.8 Å². The van der Waals surface area contributed by atoms with Crippen LogP contribution in [0.25, 0.3) is 0 Å². The number of hydrogen-bond donors (Lipinski definition) is 0. The highest BCUT2D eigenvalue weighted by atomic mass is 79.9. The van der Waals surface area contributed by atoms with Gasteiger partial charge in [0.25, 0.3) is 0 Å². The molecule has 3 aliphatic rings. The molecule has 2 bridgehead atoms. The molecule has 3 aliphatic heterocycles. The summed E-state index contributed by atoms with van der Waals surface area (Å²) >= 11 is 3.25. The normalized spacial score (nSPS) is 41.8. The molecule has 4 atom stereocenters. The van der Waals surface area contributed by atoms with Gasteiger partial charge in [-0.2, -0.15) is 0 Å². The number of carbonyl (C=O) groups excluding carboxylic acids is 2. The summed E-state index contributed by atoms with van der Waals surface area (Å²) in [4.78, 5) is 25.3. The summed E-state index contributed by atoms with van der Waals surface area (Å²) in [6.45, 7) is 0.462. The number of ether oxygens (including phenoxy) is 1. The average Bonchev–Trinajstić information content (AvgIpc) is 2.87. The predicted octanol–water partition coefficient (Wildman–Crippen LogP) is 0.320. The first kappa shape index (κ1) is 9.54. The quantitative estimate of drug-likeness (QED) is 0.413. The molecular weight excluding hydrogens is 262 g/mol. The summed E-state index contributed by atoms with van der Waals surface area (Å²) in [6.07, 6.45) is 3.46. The van der Waals surface area contributed by atoms with Crippen LogP contribution in [0.1, 0.15) is 0 Å². The highest BCUT2D eigenvalue weighted by Crippen LogP contribution is 2.44. The van der Waals surface area contributed by atoms with Gasteiger partial charge in [-0.05, 0) is 0 Å². The predicted molar refractivity (Wildman–Crippen MR) is 55.3 cm³/mol. The third-order valence-electron chi connectivity index (χ3n) is 3.31. The Kier molecular flexibility index (Phi) is 2.01. The van der Waals surface area contributed by atoms with E-state index in [0.717, 1.165) is 0 Å². The number of likely N-dealkylation sites (tertiary alicyclic amines) is 1. The molecule has 0 spiro atoms. The van der Waals surface area contributed by atoms with E-state index in [9.17, 15) is 9.59 Å². The molecule has 0 aromatic carbocycles. The van der Waals surface area contributed by atoms with Crippen molar-refractivity contribution in [3.63, 3.8) is 0 Å². The summed E-state index contributed by atoms with van der Waals surface area (Å²) in [5.41, 5.74) is 0. The monoisotopic (exact) mass is 271 g/mol. The zero-order chi connectivity index (χ0) is 10.6. The molecule has 5 heteroatoms. The molecule has 2 fully saturated rings. The van der Waals surface area contributed by atoms with Gasteiger partial charge in [0, 0.05) is 11.9 Å². The van der Waals surface area contributed by atoms with E-state index in [0.29, 0.717) is 11.9 Å². The van der Waals surface area contributed by atoms with E-state index >= 15 is 0 Å². The fraction of sp³-hybridized carbons (Fsp3) is 0.600. The van der Waals surface area contributed by atoms with Gasteiger partial charge in [0.2, 0.25) is 11.8 Å². The van der Waals surface area contributed by atoms with Gasteiger partial charge in [-0.3, -0.25) is 14.5 Å². The number of nitrogens with zero attached hydrogens (tertiary/aromatic N) is 1. The van der Waals surface area contributed by atoms with Crippen LogP contribution >= 0.6 is 15.9 Å². The van der Waals surface area contributed by atoms with Crippen LogP contribution in [0.3, 0.4) is 0 Å².